The number of phosphoric ester groups is 2. The quantitative estimate of drug-likeness (QED) is 0.0169. The zero-order valence-electron chi connectivity index (χ0n) is 55.3. The van der Waals surface area contributed by atoms with Gasteiger partial charge in [-0.2, -0.15) is 0 Å². The topological polar surface area (TPSA) is 237 Å². The van der Waals surface area contributed by atoms with Crippen molar-refractivity contribution in [3.8, 4) is 0 Å². The number of esters is 4. The summed E-state index contributed by atoms with van der Waals surface area (Å²) in [4.78, 5) is 72.3. The fourth-order valence-electron chi connectivity index (χ4n) is 9.41. The number of carbonyl (C=O) groups excluding carboxylic acids is 4. The first kappa shape index (κ1) is 83.5. The smallest absolute Gasteiger partial charge is 0.462 e. The van der Waals surface area contributed by atoms with Gasteiger partial charge in [0.15, 0.2) is 12.2 Å². The molecule has 0 aromatic rings. The van der Waals surface area contributed by atoms with Gasteiger partial charge >= 0.3 is 39.5 Å². The Hall–Kier alpha value is -2.46. The summed E-state index contributed by atoms with van der Waals surface area (Å²) >= 11 is 0. The molecule has 3 N–H and O–H groups in total. The van der Waals surface area contributed by atoms with Gasteiger partial charge in [0.2, 0.25) is 0 Å². The number of phosphoric acid groups is 2. The van der Waals surface area contributed by atoms with E-state index in [2.05, 4.69) is 72.8 Å². The molecule has 0 spiro atoms. The lowest BCUT2D eigenvalue weighted by molar-refractivity contribution is -0.161. The van der Waals surface area contributed by atoms with Crippen molar-refractivity contribution >= 4 is 39.5 Å². The summed E-state index contributed by atoms with van der Waals surface area (Å²) in [6, 6.07) is 0. The van der Waals surface area contributed by atoms with Crippen molar-refractivity contribution in [1.29, 1.82) is 0 Å². The largest absolute Gasteiger partial charge is 0.472 e. The molecule has 7 atom stereocenters. The molecule has 0 radical (unpaired) electrons. The second-order valence-electron chi connectivity index (χ2n) is 24.5. The molecule has 19 heteroatoms. The van der Waals surface area contributed by atoms with E-state index in [9.17, 15) is 43.2 Å². The van der Waals surface area contributed by atoms with Crippen LogP contribution in [0.5, 0.6) is 0 Å². The van der Waals surface area contributed by atoms with Gasteiger partial charge in [0.05, 0.1) is 26.4 Å². The number of unbranched alkanes of at least 4 members (excludes halogenated alkanes) is 26. The van der Waals surface area contributed by atoms with Crippen LogP contribution in [0.25, 0.3) is 0 Å². The zero-order valence-corrected chi connectivity index (χ0v) is 57.0. The molecular weight excluding hydrogens is 1140 g/mol. The molecule has 0 aromatic heterocycles. The van der Waals surface area contributed by atoms with Gasteiger partial charge in [0, 0.05) is 25.7 Å². The molecule has 0 aromatic carbocycles. The predicted molar refractivity (Wildman–Crippen MR) is 344 cm³/mol. The third-order valence-corrected chi connectivity index (χ3v) is 17.4. The van der Waals surface area contributed by atoms with Crippen LogP contribution in [-0.2, 0) is 65.4 Å². The Labute approximate surface area is 522 Å². The minimum atomic E-state index is -4.96. The number of aliphatic hydroxyl groups is 1. The van der Waals surface area contributed by atoms with Crippen LogP contribution in [0.15, 0.2) is 24.3 Å². The second kappa shape index (κ2) is 57.7. The van der Waals surface area contributed by atoms with Crippen LogP contribution in [0.2, 0.25) is 0 Å². The van der Waals surface area contributed by atoms with E-state index in [0.717, 1.165) is 121 Å². The van der Waals surface area contributed by atoms with E-state index in [0.29, 0.717) is 37.5 Å². The van der Waals surface area contributed by atoms with Crippen molar-refractivity contribution in [2.24, 2.45) is 17.8 Å². The number of hydrogen-bond acceptors (Lipinski definition) is 15. The molecular formula is C67H126O17P2. The summed E-state index contributed by atoms with van der Waals surface area (Å²) in [6.45, 7) is 11.6. The third-order valence-electron chi connectivity index (χ3n) is 15.5. The van der Waals surface area contributed by atoms with Crippen molar-refractivity contribution < 1.29 is 80.2 Å². The standard InChI is InChI=1S/C67H126O17P2/c1-8-11-12-13-14-15-16-17-18-19-20-21-25-34-41-48-64(69)77-54-63(84-67(72)51-44-37-30-28-33-40-47-60(7)10-3)57-82-86(75,76)80-53-61(68)52-79-85(73,74)81-56-62(55-78-65(70)49-42-35-29-27-31-38-45-58(4)5)83-66(71)50-43-36-26-23-22-24-32-39-46-59(6)9-2/h15-18,58-63,68H,8-14,19-57H2,1-7H3,(H,73,74)(H,75,76)/b16-15-,18-17-/t59?,60?,61-,62+,63+/m0/s1. The Morgan fingerprint density at radius 1 is 0.384 bits per heavy atom. The number of ether oxygens (including phenoxy) is 4. The summed E-state index contributed by atoms with van der Waals surface area (Å²) in [6.07, 6.45) is 42.7. The number of allylic oxidation sites excluding steroid dienone is 4. The molecule has 4 unspecified atom stereocenters. The monoisotopic (exact) mass is 1260 g/mol. The van der Waals surface area contributed by atoms with Crippen molar-refractivity contribution in [3.63, 3.8) is 0 Å². The first-order valence-corrected chi connectivity index (χ1v) is 37.2. The van der Waals surface area contributed by atoms with Crippen LogP contribution in [0.1, 0.15) is 305 Å². The molecule has 0 aliphatic rings. The molecule has 0 aliphatic carbocycles. The molecule has 17 nitrogen and oxygen atoms in total. The summed E-state index contributed by atoms with van der Waals surface area (Å²) in [5.74, 6) is -0.00566. The average Bonchev–Trinajstić information content (AvgIpc) is 3.66. The van der Waals surface area contributed by atoms with Gasteiger partial charge in [0.1, 0.15) is 19.3 Å². The lowest BCUT2D eigenvalue weighted by Crippen LogP contribution is -2.30. The molecule has 0 heterocycles. The van der Waals surface area contributed by atoms with Gasteiger partial charge in [-0.05, 0) is 69.1 Å². The maximum atomic E-state index is 13.0. The fraction of sp³-hybridized carbons (Fsp3) is 0.881. The number of aliphatic hydroxyl groups excluding tert-OH is 1. The van der Waals surface area contributed by atoms with Crippen molar-refractivity contribution in [1.82, 2.24) is 0 Å². The van der Waals surface area contributed by atoms with Crippen LogP contribution < -0.4 is 0 Å². The average molecular weight is 1270 g/mol. The molecule has 0 rings (SSSR count). The van der Waals surface area contributed by atoms with Crippen LogP contribution in [0, 0.1) is 17.8 Å². The zero-order chi connectivity index (χ0) is 63.8. The van der Waals surface area contributed by atoms with Crippen molar-refractivity contribution in [2.75, 3.05) is 39.6 Å². The van der Waals surface area contributed by atoms with Crippen LogP contribution in [0.3, 0.4) is 0 Å². The summed E-state index contributed by atoms with van der Waals surface area (Å²) < 4.78 is 68.0. The van der Waals surface area contributed by atoms with Gasteiger partial charge in [-0.3, -0.25) is 37.3 Å². The van der Waals surface area contributed by atoms with Gasteiger partial charge < -0.3 is 33.8 Å². The van der Waals surface area contributed by atoms with Gasteiger partial charge in [-0.15, -0.1) is 0 Å². The van der Waals surface area contributed by atoms with Crippen LogP contribution in [-0.4, -0.2) is 96.7 Å². The van der Waals surface area contributed by atoms with Crippen molar-refractivity contribution in [2.45, 2.75) is 324 Å². The highest BCUT2D eigenvalue weighted by atomic mass is 31.2. The van der Waals surface area contributed by atoms with E-state index < -0.39 is 97.5 Å². The van der Waals surface area contributed by atoms with Gasteiger partial charge in [0.25, 0.3) is 0 Å². The third kappa shape index (κ3) is 57.9. The van der Waals surface area contributed by atoms with Crippen LogP contribution >= 0.6 is 15.6 Å². The van der Waals surface area contributed by atoms with E-state index in [4.69, 9.17) is 37.0 Å². The lowest BCUT2D eigenvalue weighted by Gasteiger charge is -2.21. The number of hydrogen-bond donors (Lipinski definition) is 3. The molecule has 86 heavy (non-hydrogen) atoms. The lowest BCUT2D eigenvalue weighted by atomic mass is 9.99. The highest BCUT2D eigenvalue weighted by molar-refractivity contribution is 7.47. The van der Waals surface area contributed by atoms with E-state index in [1.54, 1.807) is 0 Å². The second-order valence-corrected chi connectivity index (χ2v) is 27.4. The van der Waals surface area contributed by atoms with Crippen LogP contribution in [0.4, 0.5) is 0 Å². The Morgan fingerprint density at radius 3 is 1.03 bits per heavy atom. The normalized spacial score (nSPS) is 15.1. The van der Waals surface area contributed by atoms with E-state index in [1.165, 1.54) is 89.9 Å². The summed E-state index contributed by atoms with van der Waals surface area (Å²) in [7, 11) is -9.91. The van der Waals surface area contributed by atoms with E-state index in [-0.39, 0.29) is 25.7 Å². The Morgan fingerprint density at radius 2 is 0.686 bits per heavy atom. The summed E-state index contributed by atoms with van der Waals surface area (Å²) in [5.41, 5.74) is 0. The molecule has 0 fully saturated rings. The maximum absolute atomic E-state index is 13.0. The molecule has 0 bridgehead atoms. The molecule has 506 valence electrons. The number of carbonyl (C=O) groups is 4. The molecule has 0 aliphatic heterocycles. The van der Waals surface area contributed by atoms with Gasteiger partial charge in [-0.1, -0.05) is 253 Å². The SMILES string of the molecule is CCCCCC/C=C\C=C/CCCCCCCC(=O)OC[C@H](COP(=O)(O)OC[C@@H](O)COP(=O)(O)OC[C@@H](COC(=O)CCCCCCCCC(C)C)OC(=O)CCCCCCCCCCC(C)CC)OC(=O)CCCCCCCCC(C)CC. The molecule has 0 saturated heterocycles. The van der Waals surface area contributed by atoms with Crippen molar-refractivity contribution in [3.05, 3.63) is 24.3 Å². The first-order chi connectivity index (χ1) is 41.3. The fourth-order valence-corrected chi connectivity index (χ4v) is 11.0. The highest BCUT2D eigenvalue weighted by Crippen LogP contribution is 2.45. The molecule has 0 amide bonds. The predicted octanol–water partition coefficient (Wildman–Crippen LogP) is 18.2. The highest BCUT2D eigenvalue weighted by Gasteiger charge is 2.30. The minimum absolute atomic E-state index is 0.0955. The van der Waals surface area contributed by atoms with Gasteiger partial charge in [-0.25, -0.2) is 9.13 Å². The Balaban J connectivity index is 5.27. The Kier molecular flexibility index (Phi) is 56.0. The maximum Gasteiger partial charge on any atom is 0.472 e. The summed E-state index contributed by atoms with van der Waals surface area (Å²) in [5, 5.41) is 10.5. The van der Waals surface area contributed by atoms with E-state index in [1.807, 2.05) is 0 Å². The van der Waals surface area contributed by atoms with E-state index >= 15 is 0 Å². The first-order valence-electron chi connectivity index (χ1n) is 34.2. The number of rotatable bonds is 63. The Bertz CT molecular complexity index is 1800. The minimum Gasteiger partial charge on any atom is -0.462 e. The molecule has 0 saturated carbocycles.